The lowest BCUT2D eigenvalue weighted by Gasteiger charge is -2.25. The first kappa shape index (κ1) is 96.2. The van der Waals surface area contributed by atoms with Crippen LogP contribution in [0.4, 0.5) is 0 Å². The molecule has 0 aliphatic carbocycles. The SMILES string of the molecule is CCCCCCC/C=C\C/C=C\CCCCCCCCCCCCCCCCCCCCCCCCCCCCCC(=O)OC(COC(=O)CCCCCCCCCCCCCCCCCCCCCCCCC/C=C\C/C=C\CCCCCCC)COC(OCC[N+](C)(C)C)C(=O)O. The van der Waals surface area contributed by atoms with Crippen molar-refractivity contribution in [3.05, 3.63) is 48.6 Å². The Morgan fingerprint density at radius 3 is 0.798 bits per heavy atom. The number of quaternary nitrogens is 1. The number of carbonyl (C=O) groups excluding carboxylic acids is 2. The number of hydrogen-bond acceptors (Lipinski definition) is 7. The van der Waals surface area contributed by atoms with E-state index in [2.05, 4.69) is 62.5 Å². The average Bonchev–Trinajstić information content (AvgIpc) is 1.14. The predicted octanol–water partition coefficient (Wildman–Crippen LogP) is 28.4. The smallest absolute Gasteiger partial charge is 0.361 e. The molecule has 0 aromatic heterocycles. The number of likely N-dealkylation sites (N-methyl/N-ethyl adjacent to an activating group) is 1. The maximum absolute atomic E-state index is 13.0. The van der Waals surface area contributed by atoms with Crippen LogP contribution in [-0.4, -0.2) is 87.4 Å². The second-order valence-corrected chi connectivity index (χ2v) is 31.2. The van der Waals surface area contributed by atoms with Crippen LogP contribution in [0.1, 0.15) is 450 Å². The fourth-order valence-electron chi connectivity index (χ4n) is 13.4. The van der Waals surface area contributed by atoms with Gasteiger partial charge in [-0.15, -0.1) is 0 Å². The van der Waals surface area contributed by atoms with Crippen LogP contribution in [0.25, 0.3) is 0 Å². The molecule has 0 rings (SSSR count). The number of aliphatic carboxylic acids is 1. The van der Waals surface area contributed by atoms with Gasteiger partial charge < -0.3 is 28.5 Å². The summed E-state index contributed by atoms with van der Waals surface area (Å²) in [6.45, 7) is 4.94. The molecule has 0 aliphatic heterocycles. The number of ether oxygens (including phenoxy) is 4. The third kappa shape index (κ3) is 82.4. The fourth-order valence-corrected chi connectivity index (χ4v) is 13.4. The van der Waals surface area contributed by atoms with Crippen LogP contribution in [0, 0.1) is 0 Å². The molecular weight excluding hydrogens is 1220 g/mol. The monoisotopic (exact) mass is 1390 g/mol. The summed E-state index contributed by atoms with van der Waals surface area (Å²) in [5.41, 5.74) is 0. The molecule has 0 radical (unpaired) electrons. The number of nitrogens with zero attached hydrogens (tertiary/aromatic N) is 1. The van der Waals surface area contributed by atoms with Gasteiger partial charge in [0.05, 0.1) is 34.4 Å². The van der Waals surface area contributed by atoms with E-state index in [1.807, 2.05) is 21.1 Å². The maximum Gasteiger partial charge on any atom is 0.361 e. The fraction of sp³-hybridized carbons (Fsp3) is 0.878. The second kappa shape index (κ2) is 80.9. The van der Waals surface area contributed by atoms with Gasteiger partial charge in [-0.1, -0.05) is 409 Å². The molecule has 0 fully saturated rings. The second-order valence-electron chi connectivity index (χ2n) is 31.2. The number of esters is 2. The molecule has 0 saturated carbocycles. The Morgan fingerprint density at radius 1 is 0.303 bits per heavy atom. The van der Waals surface area contributed by atoms with E-state index >= 15 is 0 Å². The van der Waals surface area contributed by atoms with Gasteiger partial charge in [0.25, 0.3) is 6.29 Å². The van der Waals surface area contributed by atoms with Crippen LogP contribution in [0.2, 0.25) is 0 Å². The first-order valence-corrected chi connectivity index (χ1v) is 43.8. The summed E-state index contributed by atoms with van der Waals surface area (Å²) < 4.78 is 23.1. The summed E-state index contributed by atoms with van der Waals surface area (Å²) in [5.74, 6) is -1.97. The van der Waals surface area contributed by atoms with Gasteiger partial charge in [-0.2, -0.15) is 0 Å². The van der Waals surface area contributed by atoms with Crippen LogP contribution in [0.3, 0.4) is 0 Å². The Morgan fingerprint density at radius 2 is 0.545 bits per heavy atom. The van der Waals surface area contributed by atoms with Gasteiger partial charge in [0.1, 0.15) is 13.2 Å². The lowest BCUT2D eigenvalue weighted by Crippen LogP contribution is -2.40. The van der Waals surface area contributed by atoms with Gasteiger partial charge in [-0.05, 0) is 77.0 Å². The van der Waals surface area contributed by atoms with Crippen molar-refractivity contribution < 1.29 is 42.9 Å². The Hall–Kier alpha value is -2.75. The zero-order valence-electron chi connectivity index (χ0n) is 66.9. The first-order chi connectivity index (χ1) is 48.6. The molecule has 9 nitrogen and oxygen atoms in total. The predicted molar refractivity (Wildman–Crippen MR) is 429 cm³/mol. The van der Waals surface area contributed by atoms with Crippen LogP contribution in [0.15, 0.2) is 48.6 Å². The van der Waals surface area contributed by atoms with Gasteiger partial charge >= 0.3 is 17.9 Å². The number of hydrogen-bond donors (Lipinski definition) is 1. The van der Waals surface area contributed by atoms with Crippen molar-refractivity contribution in [2.24, 2.45) is 0 Å². The molecular formula is C90H170NO8+. The number of carboxylic acids is 1. The highest BCUT2D eigenvalue weighted by atomic mass is 16.7. The Labute approximate surface area is 616 Å². The van der Waals surface area contributed by atoms with E-state index in [9.17, 15) is 19.5 Å². The summed E-state index contributed by atoms with van der Waals surface area (Å²) in [6, 6.07) is 0. The molecule has 99 heavy (non-hydrogen) atoms. The molecule has 0 saturated heterocycles. The molecule has 0 amide bonds. The van der Waals surface area contributed by atoms with E-state index in [0.29, 0.717) is 17.4 Å². The summed E-state index contributed by atoms with van der Waals surface area (Å²) in [5, 5.41) is 9.79. The first-order valence-electron chi connectivity index (χ1n) is 43.8. The van der Waals surface area contributed by atoms with E-state index in [0.717, 1.165) is 51.4 Å². The third-order valence-corrected chi connectivity index (χ3v) is 20.1. The highest BCUT2D eigenvalue weighted by molar-refractivity contribution is 5.71. The van der Waals surface area contributed by atoms with Crippen molar-refractivity contribution in [3.63, 3.8) is 0 Å². The lowest BCUT2D eigenvalue weighted by molar-refractivity contribution is -0.870. The number of carbonyl (C=O) groups is 3. The summed E-state index contributed by atoms with van der Waals surface area (Å²) >= 11 is 0. The largest absolute Gasteiger partial charge is 0.477 e. The van der Waals surface area contributed by atoms with Crippen molar-refractivity contribution >= 4 is 17.9 Å². The molecule has 2 unspecified atom stereocenters. The molecule has 0 aliphatic rings. The van der Waals surface area contributed by atoms with E-state index in [4.69, 9.17) is 18.9 Å². The van der Waals surface area contributed by atoms with Gasteiger partial charge in [-0.3, -0.25) is 9.59 Å². The van der Waals surface area contributed by atoms with Crippen molar-refractivity contribution in [2.75, 3.05) is 47.5 Å². The minimum Gasteiger partial charge on any atom is -0.477 e. The minimum absolute atomic E-state index is 0.175. The lowest BCUT2D eigenvalue weighted by atomic mass is 10.0. The molecule has 0 aromatic carbocycles. The summed E-state index contributed by atoms with van der Waals surface area (Å²) in [7, 11) is 6.00. The quantitative estimate of drug-likeness (QED) is 0.0211. The highest BCUT2D eigenvalue weighted by Crippen LogP contribution is 2.21. The summed E-state index contributed by atoms with van der Waals surface area (Å²) in [6.07, 6.45) is 104. The summed E-state index contributed by atoms with van der Waals surface area (Å²) in [4.78, 5) is 37.8. The molecule has 0 bridgehead atoms. The van der Waals surface area contributed by atoms with Crippen molar-refractivity contribution in [2.45, 2.75) is 463 Å². The van der Waals surface area contributed by atoms with Gasteiger partial charge in [0.2, 0.25) is 0 Å². The topological polar surface area (TPSA) is 108 Å². The van der Waals surface area contributed by atoms with Crippen LogP contribution in [0.5, 0.6) is 0 Å². The zero-order valence-corrected chi connectivity index (χ0v) is 66.9. The van der Waals surface area contributed by atoms with Crippen LogP contribution in [-0.2, 0) is 33.3 Å². The minimum atomic E-state index is -1.51. The Bertz CT molecular complexity index is 1770. The standard InChI is InChI=1S/C90H169NO8/c1-6-8-10-12-14-16-18-20-22-24-26-28-30-32-34-36-38-40-42-43-44-45-47-49-51-53-55-57-59-61-63-65-67-69-71-73-75-77-79-81-88(93)99-86(85-98-90(89(94)95)96-83-82-91(3,4)5)84-97-87(92)80-78-76-74-72-70-68-66-64-62-60-58-56-54-52-50-48-46-41-39-37-35-33-31-29-27-25-23-21-19-17-15-13-11-9-7-2/h18-21,24-27,86,90H,6-17,22-23,28-85H2,1-5H3/p+1/b20-18-,21-19-,26-24-,27-25-. The van der Waals surface area contributed by atoms with Crippen molar-refractivity contribution in [3.8, 4) is 0 Å². The van der Waals surface area contributed by atoms with Gasteiger partial charge in [0, 0.05) is 12.8 Å². The van der Waals surface area contributed by atoms with Gasteiger partial charge in [0.15, 0.2) is 6.10 Å². The Balaban J connectivity index is 3.91. The highest BCUT2D eigenvalue weighted by Gasteiger charge is 2.25. The number of allylic oxidation sites excluding steroid dienone is 8. The van der Waals surface area contributed by atoms with Crippen molar-refractivity contribution in [1.82, 2.24) is 0 Å². The third-order valence-electron chi connectivity index (χ3n) is 20.1. The number of unbranched alkanes of at least 4 members (excludes halogenated alkanes) is 60. The van der Waals surface area contributed by atoms with E-state index < -0.39 is 18.4 Å². The van der Waals surface area contributed by atoms with Crippen molar-refractivity contribution in [1.29, 1.82) is 0 Å². The molecule has 2 atom stereocenters. The average molecular weight is 1390 g/mol. The Kier molecular flexibility index (Phi) is 78.7. The molecule has 0 heterocycles. The maximum atomic E-state index is 13.0. The molecule has 0 aromatic rings. The van der Waals surface area contributed by atoms with Gasteiger partial charge in [-0.25, -0.2) is 4.79 Å². The number of carboxylic acid groups (broad SMARTS) is 1. The van der Waals surface area contributed by atoms with Crippen LogP contribution < -0.4 is 0 Å². The molecule has 1 N–H and O–H groups in total. The van der Waals surface area contributed by atoms with E-state index in [-0.39, 0.29) is 38.2 Å². The normalized spacial score (nSPS) is 12.8. The number of rotatable bonds is 83. The van der Waals surface area contributed by atoms with E-state index in [1.54, 1.807) is 0 Å². The molecule has 582 valence electrons. The molecule has 9 heteroatoms. The zero-order chi connectivity index (χ0) is 71.8. The van der Waals surface area contributed by atoms with E-state index in [1.165, 1.54) is 372 Å². The van der Waals surface area contributed by atoms with Crippen LogP contribution >= 0.6 is 0 Å². The molecule has 0 spiro atoms.